The molecule has 3 saturated heterocycles. The lowest BCUT2D eigenvalue weighted by molar-refractivity contribution is -0.136. The van der Waals surface area contributed by atoms with Crippen LogP contribution in [0.3, 0.4) is 0 Å². The summed E-state index contributed by atoms with van der Waals surface area (Å²) in [6, 6.07) is 11.5. The number of likely N-dealkylation sites (tertiary alicyclic amines) is 1. The van der Waals surface area contributed by atoms with Crippen molar-refractivity contribution in [2.45, 2.75) is 44.8 Å². The van der Waals surface area contributed by atoms with Crippen molar-refractivity contribution in [3.8, 4) is 22.6 Å². The summed E-state index contributed by atoms with van der Waals surface area (Å²) >= 11 is 0. The van der Waals surface area contributed by atoms with Crippen molar-refractivity contribution in [3.63, 3.8) is 0 Å². The number of piperidine rings is 2. The molecule has 0 saturated carbocycles. The molecular formula is C40H45N7O6. The van der Waals surface area contributed by atoms with E-state index in [2.05, 4.69) is 26.2 Å². The smallest absolute Gasteiger partial charge is 0.259 e. The van der Waals surface area contributed by atoms with Gasteiger partial charge in [-0.3, -0.25) is 29.4 Å². The van der Waals surface area contributed by atoms with Gasteiger partial charge in [-0.2, -0.15) is 0 Å². The Morgan fingerprint density at radius 1 is 0.943 bits per heavy atom. The number of nitrogens with one attached hydrogen (secondary N) is 1. The number of amides is 3. The van der Waals surface area contributed by atoms with Crippen LogP contribution in [0, 0.1) is 5.41 Å². The molecular weight excluding hydrogens is 674 g/mol. The third-order valence-corrected chi connectivity index (χ3v) is 11.7. The third-order valence-electron chi connectivity index (χ3n) is 11.7. The van der Waals surface area contributed by atoms with Gasteiger partial charge in [-0.15, -0.1) is 0 Å². The molecule has 13 heteroatoms. The van der Waals surface area contributed by atoms with E-state index in [1.807, 2.05) is 55.5 Å². The molecule has 3 fully saturated rings. The average Bonchev–Trinajstić information content (AvgIpc) is 3.47. The summed E-state index contributed by atoms with van der Waals surface area (Å²) in [5, 5.41) is 3.75. The Bertz CT molecular complexity index is 2190. The number of anilines is 2. The Balaban J connectivity index is 0.945. The zero-order valence-electron chi connectivity index (χ0n) is 30.9. The van der Waals surface area contributed by atoms with Crippen LogP contribution < -0.4 is 30.1 Å². The molecule has 1 N–H and O–H groups in total. The minimum Gasteiger partial charge on any atom is -0.496 e. The number of hydrogen-bond donors (Lipinski definition) is 1. The number of nitrogens with zero attached hydrogens (tertiary/aromatic N) is 6. The Morgan fingerprint density at radius 2 is 1.66 bits per heavy atom. The SMILES string of the molecule is COc1cc(-c2cn(C)c(=O)c3cnc(N(C)C)cc23)cc(OC)c1CN1CCC2(CC1)CN(c1ccc3c(c1)C(=O)N(C1CCC(=O)NC1=O)C3)C2. The van der Waals surface area contributed by atoms with E-state index in [4.69, 9.17) is 9.47 Å². The molecule has 4 aromatic rings. The summed E-state index contributed by atoms with van der Waals surface area (Å²) in [6.45, 7) is 4.83. The largest absolute Gasteiger partial charge is 0.496 e. The fourth-order valence-electron chi connectivity index (χ4n) is 8.53. The molecule has 2 aromatic carbocycles. The van der Waals surface area contributed by atoms with Gasteiger partial charge < -0.3 is 28.7 Å². The highest BCUT2D eigenvalue weighted by atomic mass is 16.5. The number of rotatable bonds is 8. The zero-order chi connectivity index (χ0) is 37.2. The second kappa shape index (κ2) is 13.2. The highest BCUT2D eigenvalue weighted by Crippen LogP contribution is 2.45. The average molecular weight is 720 g/mol. The molecule has 8 rings (SSSR count). The van der Waals surface area contributed by atoms with Crippen LogP contribution >= 0.6 is 0 Å². The van der Waals surface area contributed by atoms with Crippen LogP contribution in [-0.2, 0) is 29.7 Å². The minimum atomic E-state index is -0.610. The highest BCUT2D eigenvalue weighted by molar-refractivity contribution is 6.05. The predicted octanol–water partition coefficient (Wildman–Crippen LogP) is 3.55. The molecule has 1 atom stereocenters. The number of methoxy groups -OCH3 is 2. The molecule has 0 radical (unpaired) electrons. The van der Waals surface area contributed by atoms with E-state index in [-0.39, 0.29) is 35.1 Å². The van der Waals surface area contributed by atoms with Gasteiger partial charge in [0, 0.05) is 93.8 Å². The highest BCUT2D eigenvalue weighted by Gasteiger charge is 2.46. The standard InChI is InChI=1S/C40H45N7O6/c1-43(2)35-17-28-29(18-41-35)38(50)44(3)20-30(28)25-14-33(52-4)31(34(15-25)53-5)21-45-12-10-40(11-13-45)22-46(23-40)26-7-6-24-19-47(39(51)27(24)16-26)32-8-9-36(48)42-37(32)49/h6-7,14-18,20,32H,8-13,19,21-23H2,1-5H3,(H,42,48,49). The number of fused-ring (bicyclic) bond motifs is 2. The molecule has 0 aliphatic carbocycles. The monoisotopic (exact) mass is 719 g/mol. The molecule has 1 unspecified atom stereocenters. The van der Waals surface area contributed by atoms with E-state index in [0.29, 0.717) is 30.5 Å². The second-order valence-electron chi connectivity index (χ2n) is 15.2. The van der Waals surface area contributed by atoms with Gasteiger partial charge in [0.2, 0.25) is 11.8 Å². The number of carbonyl (C=O) groups excluding carboxylic acids is 3. The van der Waals surface area contributed by atoms with Crippen molar-refractivity contribution < 1.29 is 23.9 Å². The first kappa shape index (κ1) is 34.6. The number of pyridine rings is 2. The second-order valence-corrected chi connectivity index (χ2v) is 15.2. The predicted molar refractivity (Wildman–Crippen MR) is 201 cm³/mol. The first-order valence-corrected chi connectivity index (χ1v) is 18.1. The number of imide groups is 1. The molecule has 3 amide bonds. The fourth-order valence-corrected chi connectivity index (χ4v) is 8.53. The van der Waals surface area contributed by atoms with Gasteiger partial charge in [0.1, 0.15) is 23.4 Å². The first-order chi connectivity index (χ1) is 25.5. The third kappa shape index (κ3) is 6.06. The van der Waals surface area contributed by atoms with Crippen molar-refractivity contribution >= 4 is 40.0 Å². The normalized spacial score (nSPS) is 19.7. The van der Waals surface area contributed by atoms with E-state index in [1.54, 1.807) is 36.9 Å². The van der Waals surface area contributed by atoms with Crippen molar-refractivity contribution in [3.05, 3.63) is 75.8 Å². The van der Waals surface area contributed by atoms with E-state index < -0.39 is 6.04 Å². The molecule has 53 heavy (non-hydrogen) atoms. The van der Waals surface area contributed by atoms with Crippen molar-refractivity contribution in [2.75, 3.05) is 64.3 Å². The van der Waals surface area contributed by atoms with Gasteiger partial charge in [-0.05, 0) is 73.8 Å². The van der Waals surface area contributed by atoms with Gasteiger partial charge >= 0.3 is 0 Å². The van der Waals surface area contributed by atoms with Gasteiger partial charge in [-0.1, -0.05) is 6.07 Å². The van der Waals surface area contributed by atoms with Crippen LogP contribution in [0.2, 0.25) is 0 Å². The van der Waals surface area contributed by atoms with Gasteiger partial charge in [0.05, 0.1) is 25.2 Å². The Labute approximate surface area is 308 Å². The maximum atomic E-state index is 13.4. The summed E-state index contributed by atoms with van der Waals surface area (Å²) < 4.78 is 13.6. The van der Waals surface area contributed by atoms with Crippen LogP contribution in [0.15, 0.2) is 53.6 Å². The van der Waals surface area contributed by atoms with Crippen LogP contribution in [0.1, 0.15) is 47.2 Å². The quantitative estimate of drug-likeness (QED) is 0.270. The number of aryl methyl sites for hydroxylation is 1. The lowest BCUT2D eigenvalue weighted by Gasteiger charge is -2.55. The molecule has 4 aliphatic rings. The molecule has 2 aromatic heterocycles. The first-order valence-electron chi connectivity index (χ1n) is 18.1. The van der Waals surface area contributed by atoms with Crippen molar-refractivity contribution in [2.24, 2.45) is 12.5 Å². The maximum Gasteiger partial charge on any atom is 0.259 e. The minimum absolute atomic E-state index is 0.102. The molecule has 13 nitrogen and oxygen atoms in total. The summed E-state index contributed by atoms with van der Waals surface area (Å²) in [7, 11) is 8.98. The number of carbonyl (C=O) groups is 3. The van der Waals surface area contributed by atoms with Crippen LogP contribution in [-0.4, -0.2) is 97.6 Å². The van der Waals surface area contributed by atoms with E-state index in [1.165, 1.54) is 0 Å². The van der Waals surface area contributed by atoms with Gasteiger partial charge in [0.15, 0.2) is 0 Å². The van der Waals surface area contributed by atoms with Crippen LogP contribution in [0.25, 0.3) is 21.9 Å². The summed E-state index contributed by atoms with van der Waals surface area (Å²) in [6.07, 6.45) is 6.24. The molecule has 276 valence electrons. The van der Waals surface area contributed by atoms with E-state index in [0.717, 1.165) is 89.7 Å². The Kier molecular flexibility index (Phi) is 8.63. The van der Waals surface area contributed by atoms with Gasteiger partial charge in [-0.25, -0.2) is 4.98 Å². The summed E-state index contributed by atoms with van der Waals surface area (Å²) in [5.74, 6) is 1.42. The van der Waals surface area contributed by atoms with E-state index >= 15 is 0 Å². The lowest BCUT2D eigenvalue weighted by atomic mass is 9.71. The van der Waals surface area contributed by atoms with Crippen LogP contribution in [0.5, 0.6) is 11.5 Å². The van der Waals surface area contributed by atoms with Gasteiger partial charge in [0.25, 0.3) is 11.5 Å². The molecule has 0 bridgehead atoms. The Hall–Kier alpha value is -5.43. The number of hydrogen-bond acceptors (Lipinski definition) is 10. The maximum absolute atomic E-state index is 13.4. The number of ether oxygens (including phenoxy) is 2. The number of benzene rings is 2. The fraction of sp³-hybridized carbons (Fsp3) is 0.425. The molecule has 4 aliphatic heterocycles. The lowest BCUT2D eigenvalue weighted by Crippen LogP contribution is -2.60. The van der Waals surface area contributed by atoms with Crippen LogP contribution in [0.4, 0.5) is 11.5 Å². The van der Waals surface area contributed by atoms with E-state index in [9.17, 15) is 19.2 Å². The number of aromatic nitrogens is 2. The zero-order valence-corrected chi connectivity index (χ0v) is 30.9. The molecule has 6 heterocycles. The Morgan fingerprint density at radius 3 is 2.32 bits per heavy atom. The van der Waals surface area contributed by atoms with Crippen molar-refractivity contribution in [1.29, 1.82) is 0 Å². The topological polar surface area (TPSA) is 130 Å². The summed E-state index contributed by atoms with van der Waals surface area (Å²) in [5.41, 5.74) is 5.50. The molecule has 1 spiro atoms. The van der Waals surface area contributed by atoms with Crippen molar-refractivity contribution in [1.82, 2.24) is 24.7 Å². The summed E-state index contributed by atoms with van der Waals surface area (Å²) in [4.78, 5) is 63.3.